The molecule has 2 unspecified atom stereocenters. The second-order valence-electron chi connectivity index (χ2n) is 9.13. The summed E-state index contributed by atoms with van der Waals surface area (Å²) in [5.74, 6) is 0.849. The van der Waals surface area contributed by atoms with E-state index in [0.717, 1.165) is 37.9 Å². The van der Waals surface area contributed by atoms with Gasteiger partial charge >= 0.3 is 0 Å². The van der Waals surface area contributed by atoms with Crippen LogP contribution in [0.15, 0.2) is 41.6 Å². The van der Waals surface area contributed by atoms with Gasteiger partial charge in [-0.05, 0) is 44.2 Å². The SMILES string of the molecule is Cn1ccc(=O)c(C2(OCC(=O)N3CC4CCC(C3)N4c3ccc(C#N)cn3)CCC2)c1. The highest BCUT2D eigenvalue weighted by atomic mass is 16.5. The quantitative estimate of drug-likeness (QED) is 0.716. The third kappa shape index (κ3) is 3.56. The molecule has 3 aliphatic rings. The monoisotopic (exact) mass is 433 g/mol. The highest BCUT2D eigenvalue weighted by Gasteiger charge is 2.45. The molecule has 2 saturated heterocycles. The van der Waals surface area contributed by atoms with Crippen molar-refractivity contribution in [1.29, 1.82) is 5.26 Å². The molecule has 4 heterocycles. The van der Waals surface area contributed by atoms with Gasteiger partial charge in [-0.1, -0.05) is 0 Å². The number of aryl methyl sites for hydroxylation is 1. The first-order chi connectivity index (χ1) is 15.5. The number of anilines is 1. The fourth-order valence-corrected chi connectivity index (χ4v) is 5.29. The highest BCUT2D eigenvalue weighted by Crippen LogP contribution is 2.43. The summed E-state index contributed by atoms with van der Waals surface area (Å²) in [5, 5.41) is 9.00. The van der Waals surface area contributed by atoms with Crippen LogP contribution in [0, 0.1) is 11.3 Å². The zero-order chi connectivity index (χ0) is 22.3. The normalized spacial score (nSPS) is 23.5. The van der Waals surface area contributed by atoms with Crippen molar-refractivity contribution in [2.45, 2.75) is 49.8 Å². The summed E-state index contributed by atoms with van der Waals surface area (Å²) in [7, 11) is 1.89. The standard InChI is InChI=1S/C24H27N5O3/c1-27-10-7-21(30)20(15-27)24(8-2-9-24)32-16-23(31)28-13-18-4-5-19(14-28)29(18)22-6-3-17(11-25)12-26-22/h3,6-7,10,12,15,18-19H,2,4-5,8-9,13-14,16H2,1H3. The molecular formula is C24H27N5O3. The van der Waals surface area contributed by atoms with E-state index < -0.39 is 5.60 Å². The molecule has 1 aliphatic carbocycles. The van der Waals surface area contributed by atoms with Gasteiger partial charge in [0.25, 0.3) is 0 Å². The lowest BCUT2D eigenvalue weighted by Gasteiger charge is -2.44. The molecule has 2 aromatic rings. The number of carbonyl (C=O) groups is 1. The maximum Gasteiger partial charge on any atom is 0.248 e. The Kier molecular flexibility index (Phi) is 5.22. The molecule has 32 heavy (non-hydrogen) atoms. The molecule has 2 atom stereocenters. The third-order valence-corrected chi connectivity index (χ3v) is 7.16. The Morgan fingerprint density at radius 1 is 1.25 bits per heavy atom. The molecule has 8 nitrogen and oxygen atoms in total. The summed E-state index contributed by atoms with van der Waals surface area (Å²) in [6.45, 7) is 1.27. The second kappa shape index (κ2) is 8.06. The van der Waals surface area contributed by atoms with Crippen LogP contribution in [0.3, 0.4) is 0 Å². The average Bonchev–Trinajstić information content (AvgIpc) is 3.04. The number of likely N-dealkylation sites (tertiary alicyclic amines) is 1. The minimum atomic E-state index is -0.640. The lowest BCUT2D eigenvalue weighted by Crippen LogP contribution is -2.56. The summed E-state index contributed by atoms with van der Waals surface area (Å²) in [6, 6.07) is 7.79. The zero-order valence-electron chi connectivity index (χ0n) is 18.2. The summed E-state index contributed by atoms with van der Waals surface area (Å²) >= 11 is 0. The van der Waals surface area contributed by atoms with Crippen LogP contribution in [-0.2, 0) is 22.2 Å². The van der Waals surface area contributed by atoms with Crippen LogP contribution in [0.2, 0.25) is 0 Å². The van der Waals surface area contributed by atoms with Gasteiger partial charge in [0.05, 0.1) is 11.2 Å². The van der Waals surface area contributed by atoms with Gasteiger partial charge in [-0.3, -0.25) is 9.59 Å². The number of ether oxygens (including phenoxy) is 1. The second-order valence-corrected chi connectivity index (χ2v) is 9.13. The van der Waals surface area contributed by atoms with Crippen molar-refractivity contribution in [2.75, 3.05) is 24.6 Å². The Bertz CT molecular complexity index is 1100. The summed E-state index contributed by atoms with van der Waals surface area (Å²) in [5.41, 5.74) is 0.527. The van der Waals surface area contributed by atoms with E-state index in [4.69, 9.17) is 10.00 Å². The molecule has 2 bridgehead atoms. The number of carbonyl (C=O) groups excluding carboxylic acids is 1. The lowest BCUT2D eigenvalue weighted by atomic mass is 9.75. The molecule has 1 saturated carbocycles. The van der Waals surface area contributed by atoms with E-state index in [-0.39, 0.29) is 30.0 Å². The number of rotatable bonds is 5. The summed E-state index contributed by atoms with van der Waals surface area (Å²) in [6.07, 6.45) is 9.73. The molecule has 2 aromatic heterocycles. The number of nitrogens with zero attached hydrogens (tertiary/aromatic N) is 5. The molecule has 3 fully saturated rings. The molecule has 8 heteroatoms. The molecule has 0 radical (unpaired) electrons. The Morgan fingerprint density at radius 2 is 2.00 bits per heavy atom. The third-order valence-electron chi connectivity index (χ3n) is 7.16. The van der Waals surface area contributed by atoms with Crippen LogP contribution in [-0.4, -0.2) is 52.1 Å². The first-order valence-corrected chi connectivity index (χ1v) is 11.2. The molecule has 2 aliphatic heterocycles. The molecule has 0 aromatic carbocycles. The maximum atomic E-state index is 13.1. The number of amides is 1. The van der Waals surface area contributed by atoms with Crippen LogP contribution in [0.5, 0.6) is 0 Å². The smallest absolute Gasteiger partial charge is 0.248 e. The molecule has 0 N–H and O–H groups in total. The summed E-state index contributed by atoms with van der Waals surface area (Å²) in [4.78, 5) is 34.2. The van der Waals surface area contributed by atoms with Gasteiger partial charge in [0.2, 0.25) is 5.91 Å². The number of aromatic nitrogens is 2. The Hall–Kier alpha value is -3.18. The molecule has 166 valence electrons. The van der Waals surface area contributed by atoms with Gasteiger partial charge in [-0.2, -0.15) is 5.26 Å². The number of pyridine rings is 2. The van der Waals surface area contributed by atoms with Crippen LogP contribution < -0.4 is 10.3 Å². The van der Waals surface area contributed by atoms with Crippen LogP contribution in [0.1, 0.15) is 43.2 Å². The predicted molar refractivity (Wildman–Crippen MR) is 118 cm³/mol. The van der Waals surface area contributed by atoms with E-state index in [0.29, 0.717) is 24.2 Å². The van der Waals surface area contributed by atoms with Crippen molar-refractivity contribution in [3.05, 3.63) is 58.1 Å². The van der Waals surface area contributed by atoms with E-state index in [1.165, 1.54) is 0 Å². The highest BCUT2D eigenvalue weighted by molar-refractivity contribution is 5.78. The largest absolute Gasteiger partial charge is 0.360 e. The van der Waals surface area contributed by atoms with Crippen LogP contribution in [0.4, 0.5) is 5.82 Å². The average molecular weight is 434 g/mol. The number of fused-ring (bicyclic) bond motifs is 2. The Labute approximate surface area is 187 Å². The first kappa shape index (κ1) is 20.7. The van der Waals surface area contributed by atoms with Crippen LogP contribution in [0.25, 0.3) is 0 Å². The first-order valence-electron chi connectivity index (χ1n) is 11.2. The topological polar surface area (TPSA) is 91.5 Å². The van der Waals surface area contributed by atoms with Crippen molar-refractivity contribution in [3.8, 4) is 6.07 Å². The Morgan fingerprint density at radius 3 is 2.59 bits per heavy atom. The van der Waals surface area contributed by atoms with Gasteiger partial charge in [-0.15, -0.1) is 0 Å². The van der Waals surface area contributed by atoms with E-state index >= 15 is 0 Å². The van der Waals surface area contributed by atoms with Gasteiger partial charge in [0.15, 0.2) is 5.43 Å². The maximum absolute atomic E-state index is 13.1. The minimum absolute atomic E-state index is 0.00734. The van der Waals surface area contributed by atoms with E-state index in [1.54, 1.807) is 24.5 Å². The number of nitriles is 1. The molecule has 5 rings (SSSR count). The van der Waals surface area contributed by atoms with E-state index in [9.17, 15) is 9.59 Å². The van der Waals surface area contributed by atoms with Gasteiger partial charge in [0.1, 0.15) is 18.5 Å². The van der Waals surface area contributed by atoms with Crippen molar-refractivity contribution in [1.82, 2.24) is 14.5 Å². The van der Waals surface area contributed by atoms with Crippen LogP contribution >= 0.6 is 0 Å². The van der Waals surface area contributed by atoms with Crippen molar-refractivity contribution in [3.63, 3.8) is 0 Å². The van der Waals surface area contributed by atoms with Gasteiger partial charge in [-0.25, -0.2) is 4.98 Å². The van der Waals surface area contributed by atoms with Gasteiger partial charge in [0, 0.05) is 62.4 Å². The van der Waals surface area contributed by atoms with Crippen molar-refractivity contribution >= 4 is 11.7 Å². The number of hydrogen-bond donors (Lipinski definition) is 0. The predicted octanol–water partition coefficient (Wildman–Crippen LogP) is 1.93. The zero-order valence-corrected chi connectivity index (χ0v) is 18.2. The van der Waals surface area contributed by atoms with E-state index in [2.05, 4.69) is 16.0 Å². The van der Waals surface area contributed by atoms with Gasteiger partial charge < -0.3 is 19.1 Å². The molecular weight excluding hydrogens is 406 g/mol. The summed E-state index contributed by atoms with van der Waals surface area (Å²) < 4.78 is 8.03. The van der Waals surface area contributed by atoms with Crippen molar-refractivity contribution < 1.29 is 9.53 Å². The number of piperazine rings is 1. The lowest BCUT2D eigenvalue weighted by molar-refractivity contribution is -0.154. The fourth-order valence-electron chi connectivity index (χ4n) is 5.29. The fraction of sp³-hybridized carbons (Fsp3) is 0.500. The Balaban J connectivity index is 1.25. The minimum Gasteiger partial charge on any atom is -0.360 e. The number of hydrogen-bond acceptors (Lipinski definition) is 6. The molecule has 0 spiro atoms. The van der Waals surface area contributed by atoms with Crippen molar-refractivity contribution in [2.24, 2.45) is 7.05 Å². The molecule has 1 amide bonds. The van der Waals surface area contributed by atoms with E-state index in [1.807, 2.05) is 28.8 Å².